The molecule has 0 unspecified atom stereocenters. The van der Waals surface area contributed by atoms with E-state index < -0.39 is 5.82 Å². The molecule has 0 bridgehead atoms. The van der Waals surface area contributed by atoms with E-state index in [4.69, 9.17) is 16.3 Å². The van der Waals surface area contributed by atoms with Crippen LogP contribution in [0.25, 0.3) is 0 Å². The van der Waals surface area contributed by atoms with E-state index in [1.54, 1.807) is 21.3 Å². The second-order valence-corrected chi connectivity index (χ2v) is 8.44. The van der Waals surface area contributed by atoms with Crippen molar-refractivity contribution in [3.8, 4) is 0 Å². The predicted molar refractivity (Wildman–Crippen MR) is 101 cm³/mol. The summed E-state index contributed by atoms with van der Waals surface area (Å²) < 4.78 is 21.3. The molecular formula is C19H18ClFN2O2S. The normalized spacial score (nSPS) is 18.5. The fourth-order valence-corrected chi connectivity index (χ4v) is 4.56. The first kappa shape index (κ1) is 17.6. The molecule has 0 aliphatic carbocycles. The molecule has 0 N–H and O–H groups in total. The summed E-state index contributed by atoms with van der Waals surface area (Å²) >= 11 is 7.61. The van der Waals surface area contributed by atoms with Gasteiger partial charge in [-0.3, -0.25) is 9.21 Å². The van der Waals surface area contributed by atoms with Gasteiger partial charge < -0.3 is 4.74 Å². The second-order valence-electron chi connectivity index (χ2n) is 6.97. The maximum absolute atomic E-state index is 14.3. The third-order valence-corrected chi connectivity index (χ3v) is 6.01. The van der Waals surface area contributed by atoms with Crippen LogP contribution in [0, 0.1) is 11.2 Å². The van der Waals surface area contributed by atoms with Gasteiger partial charge in [-0.25, -0.2) is 9.18 Å². The van der Waals surface area contributed by atoms with E-state index in [0.29, 0.717) is 30.3 Å². The van der Waals surface area contributed by atoms with Crippen LogP contribution < -0.4 is 4.90 Å². The van der Waals surface area contributed by atoms with Crippen molar-refractivity contribution in [3.05, 3.63) is 58.9 Å². The lowest BCUT2D eigenvalue weighted by Crippen LogP contribution is -2.52. The molecule has 0 aromatic heterocycles. The van der Waals surface area contributed by atoms with Crippen molar-refractivity contribution in [2.45, 2.75) is 18.4 Å². The molecule has 4 rings (SSSR count). The summed E-state index contributed by atoms with van der Waals surface area (Å²) in [5.41, 5.74) is 1.05. The van der Waals surface area contributed by atoms with Crippen molar-refractivity contribution >= 4 is 35.3 Å². The molecule has 2 amide bonds. The van der Waals surface area contributed by atoms with Crippen LogP contribution in [0.1, 0.15) is 12.5 Å². The fraction of sp³-hybridized carbons (Fsp3) is 0.316. The molecule has 26 heavy (non-hydrogen) atoms. The largest absolute Gasteiger partial charge is 0.380 e. The summed E-state index contributed by atoms with van der Waals surface area (Å²) in [6.45, 7) is 4.04. The molecule has 2 aliphatic rings. The van der Waals surface area contributed by atoms with Gasteiger partial charge in [0.05, 0.1) is 30.3 Å². The summed E-state index contributed by atoms with van der Waals surface area (Å²) in [7, 11) is 0. The maximum atomic E-state index is 14.3. The minimum absolute atomic E-state index is 0.0454. The Morgan fingerprint density at radius 2 is 2.00 bits per heavy atom. The van der Waals surface area contributed by atoms with E-state index in [2.05, 4.69) is 6.92 Å². The Hall–Kier alpha value is -1.76. The number of carbonyl (C=O) groups excluding carboxylic acids is 1. The lowest BCUT2D eigenvalue weighted by Gasteiger charge is -2.44. The number of amides is 2. The van der Waals surface area contributed by atoms with Gasteiger partial charge >= 0.3 is 6.03 Å². The van der Waals surface area contributed by atoms with Crippen LogP contribution in [0.5, 0.6) is 0 Å². The van der Waals surface area contributed by atoms with Gasteiger partial charge in [0.15, 0.2) is 0 Å². The number of para-hydroxylation sites is 1. The van der Waals surface area contributed by atoms with Crippen LogP contribution in [0.2, 0.25) is 5.02 Å². The van der Waals surface area contributed by atoms with Crippen LogP contribution in [-0.4, -0.2) is 30.1 Å². The zero-order chi connectivity index (χ0) is 18.3. The van der Waals surface area contributed by atoms with Crippen LogP contribution in [0.15, 0.2) is 47.4 Å². The smallest absolute Gasteiger partial charge is 0.335 e. The Balaban J connectivity index is 1.68. The molecule has 0 radical (unpaired) electrons. The first-order chi connectivity index (χ1) is 12.5. The van der Waals surface area contributed by atoms with E-state index in [-0.39, 0.29) is 18.0 Å². The summed E-state index contributed by atoms with van der Waals surface area (Å²) in [4.78, 5) is 15.7. The van der Waals surface area contributed by atoms with E-state index >= 15 is 0 Å². The number of rotatable bonds is 4. The third kappa shape index (κ3) is 3.17. The van der Waals surface area contributed by atoms with E-state index in [9.17, 15) is 9.18 Å². The summed E-state index contributed by atoms with van der Waals surface area (Å²) in [5.74, 6) is -0.410. The SMILES string of the molecule is CC1(CN2Sc3ccccc3N(Cc3c(F)cccc3Cl)C2=O)COC1. The topological polar surface area (TPSA) is 32.8 Å². The van der Waals surface area contributed by atoms with Crippen LogP contribution in [0.4, 0.5) is 14.9 Å². The van der Waals surface area contributed by atoms with E-state index in [0.717, 1.165) is 10.6 Å². The van der Waals surface area contributed by atoms with Crippen LogP contribution >= 0.6 is 23.5 Å². The molecule has 1 fully saturated rings. The number of carbonyl (C=O) groups is 1. The first-order valence-corrected chi connectivity index (χ1v) is 9.49. The highest BCUT2D eigenvalue weighted by Gasteiger charge is 2.40. The van der Waals surface area contributed by atoms with Gasteiger partial charge in [0.1, 0.15) is 5.82 Å². The van der Waals surface area contributed by atoms with Gasteiger partial charge in [0, 0.05) is 22.5 Å². The van der Waals surface area contributed by atoms with Gasteiger partial charge in [0.25, 0.3) is 0 Å². The molecule has 0 spiro atoms. The highest BCUT2D eigenvalue weighted by molar-refractivity contribution is 7.97. The first-order valence-electron chi connectivity index (χ1n) is 8.33. The highest BCUT2D eigenvalue weighted by Crippen LogP contribution is 2.42. The Morgan fingerprint density at radius 1 is 1.23 bits per heavy atom. The molecule has 1 saturated heterocycles. The van der Waals surface area contributed by atoms with E-state index in [1.165, 1.54) is 18.0 Å². The fourth-order valence-electron chi connectivity index (χ4n) is 3.14. The summed E-state index contributed by atoms with van der Waals surface area (Å²) in [6, 6.07) is 12.0. The molecule has 2 aliphatic heterocycles. The minimum atomic E-state index is -0.410. The van der Waals surface area contributed by atoms with Crippen molar-refractivity contribution in [1.29, 1.82) is 0 Å². The molecule has 2 aromatic carbocycles. The van der Waals surface area contributed by atoms with Crippen LogP contribution in [0.3, 0.4) is 0 Å². The molecule has 4 nitrogen and oxygen atoms in total. The number of halogens is 2. The van der Waals surface area contributed by atoms with Crippen molar-refractivity contribution in [1.82, 2.24) is 4.31 Å². The lowest BCUT2D eigenvalue weighted by atomic mass is 9.89. The number of fused-ring (bicyclic) bond motifs is 1. The highest BCUT2D eigenvalue weighted by atomic mass is 35.5. The average molecular weight is 393 g/mol. The Bertz CT molecular complexity index is 839. The standard InChI is InChI=1S/C19H18ClFN2O2S/c1-19(11-25-12-19)10-23-18(24)22(16-7-2-3-8-17(16)26-23)9-13-14(20)5-4-6-15(13)21/h2-8H,9-12H2,1H3. The number of urea groups is 1. The van der Waals surface area contributed by atoms with Gasteiger partial charge in [-0.05, 0) is 36.2 Å². The van der Waals surface area contributed by atoms with Gasteiger partial charge in [0.2, 0.25) is 0 Å². The summed E-state index contributed by atoms with van der Waals surface area (Å²) in [5, 5.41) is 0.319. The third-order valence-electron chi connectivity index (χ3n) is 4.61. The minimum Gasteiger partial charge on any atom is -0.380 e. The number of ether oxygens (including phenoxy) is 1. The quantitative estimate of drug-likeness (QED) is 0.689. The number of benzene rings is 2. The van der Waals surface area contributed by atoms with Crippen molar-refractivity contribution in [3.63, 3.8) is 0 Å². The average Bonchev–Trinajstić information content (AvgIpc) is 2.59. The van der Waals surface area contributed by atoms with Gasteiger partial charge in [-0.15, -0.1) is 0 Å². The lowest BCUT2D eigenvalue weighted by molar-refractivity contribution is -0.103. The van der Waals surface area contributed by atoms with E-state index in [1.807, 2.05) is 24.3 Å². The molecule has 136 valence electrons. The van der Waals surface area contributed by atoms with Gasteiger partial charge in [-0.1, -0.05) is 36.7 Å². The van der Waals surface area contributed by atoms with Crippen molar-refractivity contribution in [2.75, 3.05) is 24.7 Å². The zero-order valence-electron chi connectivity index (χ0n) is 14.2. The maximum Gasteiger partial charge on any atom is 0.335 e. The number of hydrogen-bond donors (Lipinski definition) is 0. The molecule has 2 heterocycles. The molecule has 2 aromatic rings. The predicted octanol–water partition coefficient (Wildman–Crippen LogP) is 4.96. The summed E-state index contributed by atoms with van der Waals surface area (Å²) in [6.07, 6.45) is 0. The molecule has 7 heteroatoms. The zero-order valence-corrected chi connectivity index (χ0v) is 15.8. The molecule has 0 saturated carbocycles. The van der Waals surface area contributed by atoms with Gasteiger partial charge in [-0.2, -0.15) is 0 Å². The van der Waals surface area contributed by atoms with Crippen molar-refractivity contribution in [2.24, 2.45) is 5.41 Å². The monoisotopic (exact) mass is 392 g/mol. The number of nitrogens with zero attached hydrogens (tertiary/aromatic N) is 2. The number of anilines is 1. The van der Waals surface area contributed by atoms with Crippen LogP contribution in [-0.2, 0) is 11.3 Å². The Labute approximate surface area is 161 Å². The Kier molecular flexibility index (Phi) is 4.59. The Morgan fingerprint density at radius 3 is 2.69 bits per heavy atom. The second kappa shape index (κ2) is 6.76. The van der Waals surface area contributed by atoms with Crippen molar-refractivity contribution < 1.29 is 13.9 Å². The molecule has 0 atom stereocenters. The molecular weight excluding hydrogens is 375 g/mol. The number of hydrogen-bond acceptors (Lipinski definition) is 3.